The van der Waals surface area contributed by atoms with Crippen LogP contribution in [0.15, 0.2) is 119 Å². The maximum Gasteiger partial charge on any atom is 0.303 e. The molecule has 3 aromatic carbocycles. The molecule has 0 atom stereocenters. The minimum Gasteiger partial charge on any atom is -0.481 e. The third-order valence-electron chi connectivity index (χ3n) is 11.9. The van der Waals surface area contributed by atoms with E-state index < -0.39 is 31.6 Å². The van der Waals surface area contributed by atoms with Crippen molar-refractivity contribution in [3.8, 4) is 5.75 Å². The first-order chi connectivity index (χ1) is 28.3. The zero-order valence-corrected chi connectivity index (χ0v) is 36.8. The highest BCUT2D eigenvalue weighted by Crippen LogP contribution is 2.49. The first-order valence-corrected chi connectivity index (χ1v) is 23.8. The Morgan fingerprint density at radius 1 is 0.850 bits per heavy atom. The number of anilines is 1. The molecule has 0 bridgehead atoms. The van der Waals surface area contributed by atoms with Crippen LogP contribution in [0.4, 0.5) is 11.4 Å². The molecule has 6 rings (SSSR count). The average Bonchev–Trinajstić information content (AvgIpc) is 3.74. The van der Waals surface area contributed by atoms with Crippen LogP contribution in [-0.2, 0) is 42.3 Å². The molecule has 0 saturated heterocycles. The number of benzene rings is 3. The summed E-state index contributed by atoms with van der Waals surface area (Å²) in [5.41, 5.74) is 7.96. The third-order valence-corrected chi connectivity index (χ3v) is 13.5. The standard InChI is InChI=1S/C47H56N2O9S2/c1-6-7-10-29-48-40-14-9-8-13-38(40)46(2,3)42(48)26-20-34-18-19-35(45(34)58-36-22-15-33(16-23-36)17-28-44(50)51)21-27-43-47(4,5)39-32-37(60(55,56)57)24-25-41(39)49(43)30-11-12-31-59(52,53)54/h8-9,13-16,20-27,32H,6-7,10-12,17-19,28-31H2,1-5H3,(H2-,50,51,52,53,54,55,56,57)/p+1. The summed E-state index contributed by atoms with van der Waals surface area (Å²) in [4.78, 5) is 13.0. The van der Waals surface area contributed by atoms with Crippen molar-refractivity contribution in [3.63, 3.8) is 0 Å². The van der Waals surface area contributed by atoms with Crippen molar-refractivity contribution < 1.29 is 45.2 Å². The van der Waals surface area contributed by atoms with E-state index in [1.165, 1.54) is 29.1 Å². The number of hydrogen-bond donors (Lipinski definition) is 3. The molecule has 11 nitrogen and oxygen atoms in total. The van der Waals surface area contributed by atoms with Gasteiger partial charge in [-0.15, -0.1) is 0 Å². The number of carbonyl (C=O) groups is 1. The number of para-hydroxylation sites is 1. The zero-order valence-electron chi connectivity index (χ0n) is 35.1. The molecule has 0 spiro atoms. The lowest BCUT2D eigenvalue weighted by atomic mass is 9.81. The SMILES string of the molecule is CCCCC[N+]1=C(/C=C/C2=C(Oc3ccc(CCC(=O)O)cc3)C(=C/C=C3/N(CCCCS(=O)(=O)O)c4ccc(S(=O)(=O)O)cc4C3(C)C)/CC2)C(C)(C)c2ccccc21. The van der Waals surface area contributed by atoms with Gasteiger partial charge >= 0.3 is 5.97 Å². The second-order valence-electron chi connectivity index (χ2n) is 16.9. The molecule has 320 valence electrons. The van der Waals surface area contributed by atoms with Crippen molar-refractivity contribution in [2.45, 2.75) is 108 Å². The number of rotatable bonds is 18. The number of ether oxygens (including phenoxy) is 1. The van der Waals surface area contributed by atoms with Gasteiger partial charge in [-0.1, -0.05) is 63.6 Å². The first kappa shape index (κ1) is 44.7. The highest BCUT2D eigenvalue weighted by molar-refractivity contribution is 7.86. The lowest BCUT2D eigenvalue weighted by Gasteiger charge is -2.27. The molecule has 0 aromatic heterocycles. The Kier molecular flexibility index (Phi) is 13.4. The van der Waals surface area contributed by atoms with E-state index in [1.807, 2.05) is 55.2 Å². The van der Waals surface area contributed by atoms with E-state index in [0.29, 0.717) is 43.5 Å². The molecule has 3 N–H and O–H groups in total. The van der Waals surface area contributed by atoms with Gasteiger partial charge in [0.25, 0.3) is 20.2 Å². The van der Waals surface area contributed by atoms with Crippen LogP contribution in [-0.4, -0.2) is 66.1 Å². The van der Waals surface area contributed by atoms with Gasteiger partial charge in [0.1, 0.15) is 18.1 Å². The smallest absolute Gasteiger partial charge is 0.303 e. The maximum absolute atomic E-state index is 12.2. The molecule has 0 radical (unpaired) electrons. The van der Waals surface area contributed by atoms with E-state index in [1.54, 1.807) is 6.07 Å². The highest BCUT2D eigenvalue weighted by Gasteiger charge is 2.44. The first-order valence-electron chi connectivity index (χ1n) is 20.7. The molecule has 60 heavy (non-hydrogen) atoms. The van der Waals surface area contributed by atoms with Gasteiger partial charge in [-0.05, 0) is 117 Å². The number of carboxylic acids is 1. The normalized spacial score (nSPS) is 18.6. The molecule has 2 heterocycles. The second kappa shape index (κ2) is 18.0. The quantitative estimate of drug-likeness (QED) is 0.0639. The number of carboxylic acid groups (broad SMARTS) is 1. The van der Waals surface area contributed by atoms with Crippen LogP contribution < -0.4 is 9.64 Å². The van der Waals surface area contributed by atoms with Crippen molar-refractivity contribution in [2.75, 3.05) is 23.7 Å². The number of aryl methyl sites for hydroxylation is 1. The Balaban J connectivity index is 1.42. The Morgan fingerprint density at radius 3 is 2.27 bits per heavy atom. The summed E-state index contributed by atoms with van der Waals surface area (Å²) < 4.78 is 75.9. The molecule has 3 aromatic rings. The van der Waals surface area contributed by atoms with Gasteiger partial charge in [-0.25, -0.2) is 0 Å². The predicted octanol–water partition coefficient (Wildman–Crippen LogP) is 9.48. The average molecular weight is 858 g/mol. The molecule has 0 unspecified atom stereocenters. The van der Waals surface area contributed by atoms with Gasteiger partial charge in [-0.3, -0.25) is 13.9 Å². The van der Waals surface area contributed by atoms with Crippen LogP contribution in [0.25, 0.3) is 0 Å². The fourth-order valence-corrected chi connectivity index (χ4v) is 9.69. The van der Waals surface area contributed by atoms with Crippen LogP contribution >= 0.6 is 0 Å². The molecule has 0 fully saturated rings. The van der Waals surface area contributed by atoms with Gasteiger partial charge in [-0.2, -0.15) is 21.4 Å². The van der Waals surface area contributed by atoms with Gasteiger partial charge < -0.3 is 14.7 Å². The van der Waals surface area contributed by atoms with Crippen LogP contribution in [0.5, 0.6) is 5.75 Å². The lowest BCUT2D eigenvalue weighted by Crippen LogP contribution is -2.28. The predicted molar refractivity (Wildman–Crippen MR) is 236 cm³/mol. The maximum atomic E-state index is 12.2. The van der Waals surface area contributed by atoms with E-state index in [9.17, 15) is 35.8 Å². The van der Waals surface area contributed by atoms with Crippen molar-refractivity contribution in [2.24, 2.45) is 0 Å². The zero-order chi connectivity index (χ0) is 43.5. The lowest BCUT2D eigenvalue weighted by molar-refractivity contribution is -0.438. The Morgan fingerprint density at radius 2 is 1.58 bits per heavy atom. The summed E-state index contributed by atoms with van der Waals surface area (Å²) in [6.45, 7) is 12.0. The third kappa shape index (κ3) is 10.0. The van der Waals surface area contributed by atoms with E-state index in [0.717, 1.165) is 59.7 Å². The van der Waals surface area contributed by atoms with Crippen LogP contribution in [0.1, 0.15) is 103 Å². The van der Waals surface area contributed by atoms with Gasteiger partial charge in [0.05, 0.1) is 16.1 Å². The van der Waals surface area contributed by atoms with E-state index >= 15 is 0 Å². The minimum atomic E-state index is -4.47. The van der Waals surface area contributed by atoms with Gasteiger partial charge in [0, 0.05) is 53.9 Å². The second-order valence-corrected chi connectivity index (χ2v) is 19.9. The summed E-state index contributed by atoms with van der Waals surface area (Å²) in [5.74, 6) is 0.105. The Hall–Kier alpha value is -4.82. The number of allylic oxidation sites excluding steroid dienone is 7. The van der Waals surface area contributed by atoms with Crippen LogP contribution in [0.2, 0.25) is 0 Å². The van der Waals surface area contributed by atoms with E-state index in [4.69, 9.17) is 4.74 Å². The molecular weight excluding hydrogens is 801 g/mol. The van der Waals surface area contributed by atoms with E-state index in [-0.39, 0.29) is 28.9 Å². The number of hydrogen-bond acceptors (Lipinski definition) is 7. The van der Waals surface area contributed by atoms with Crippen molar-refractivity contribution in [1.82, 2.24) is 0 Å². The minimum absolute atomic E-state index is 0.0330. The monoisotopic (exact) mass is 857 g/mol. The van der Waals surface area contributed by atoms with Gasteiger partial charge in [0.2, 0.25) is 5.69 Å². The summed E-state index contributed by atoms with van der Waals surface area (Å²) in [6.07, 6.45) is 14.3. The summed E-state index contributed by atoms with van der Waals surface area (Å²) in [5, 5.41) is 9.20. The highest BCUT2D eigenvalue weighted by atomic mass is 32.2. The number of nitrogens with zero attached hydrogens (tertiary/aromatic N) is 2. The molecule has 3 aliphatic rings. The fraction of sp³-hybridized carbons (Fsp3) is 0.404. The van der Waals surface area contributed by atoms with E-state index in [2.05, 4.69) is 61.8 Å². The largest absolute Gasteiger partial charge is 0.481 e. The number of unbranched alkanes of at least 4 members (excludes halogenated alkanes) is 3. The summed E-state index contributed by atoms with van der Waals surface area (Å²) >= 11 is 0. The molecule has 1 aliphatic carbocycles. The van der Waals surface area contributed by atoms with Crippen molar-refractivity contribution in [3.05, 3.63) is 130 Å². The van der Waals surface area contributed by atoms with Crippen LogP contribution in [0, 0.1) is 0 Å². The Bertz CT molecular complexity index is 2510. The number of fused-ring (bicyclic) bond motifs is 2. The molecular formula is C47H57N2O9S2+. The molecule has 0 saturated carbocycles. The number of aliphatic carboxylic acids is 1. The van der Waals surface area contributed by atoms with Crippen molar-refractivity contribution in [1.29, 1.82) is 0 Å². The molecule has 0 amide bonds. The fourth-order valence-electron chi connectivity index (χ4n) is 8.62. The molecule has 2 aliphatic heterocycles. The van der Waals surface area contributed by atoms with Gasteiger partial charge in [0.15, 0.2) is 5.71 Å². The Labute approximate surface area is 355 Å². The molecule has 13 heteroatoms. The topological polar surface area (TPSA) is 162 Å². The van der Waals surface area contributed by atoms with Crippen molar-refractivity contribution >= 4 is 43.3 Å². The summed E-state index contributed by atoms with van der Waals surface area (Å²) in [6, 6.07) is 20.6. The summed E-state index contributed by atoms with van der Waals surface area (Å²) in [7, 11) is -8.61. The van der Waals surface area contributed by atoms with Crippen LogP contribution in [0.3, 0.4) is 0 Å².